The molecule has 0 radical (unpaired) electrons. The smallest absolute Gasteiger partial charge is 0.254 e. The second-order valence-corrected chi connectivity index (χ2v) is 4.82. The molecule has 6 nitrogen and oxygen atoms in total. The van der Waals surface area contributed by atoms with Crippen LogP contribution in [0, 0.1) is 0 Å². The molecule has 0 saturated heterocycles. The molecule has 0 saturated carbocycles. The average Bonchev–Trinajstić information content (AvgIpc) is 2.90. The minimum atomic E-state index is -0.0328. The predicted octanol–water partition coefficient (Wildman–Crippen LogP) is 1.61. The Morgan fingerprint density at radius 2 is 2.10 bits per heavy atom. The van der Waals surface area contributed by atoms with E-state index in [0.717, 1.165) is 17.0 Å². The van der Waals surface area contributed by atoms with Crippen molar-refractivity contribution < 1.29 is 9.53 Å². The number of nitrogen functional groups attached to an aromatic ring is 1. The fourth-order valence-corrected chi connectivity index (χ4v) is 2.36. The number of fused-ring (bicyclic) bond motifs is 1. The first-order valence-electron chi connectivity index (χ1n) is 6.79. The summed E-state index contributed by atoms with van der Waals surface area (Å²) in [6.45, 7) is 3.51. The molecule has 1 aliphatic heterocycles. The highest BCUT2D eigenvalue weighted by Gasteiger charge is 2.25. The van der Waals surface area contributed by atoms with E-state index in [2.05, 4.69) is 9.97 Å². The molecule has 2 aromatic rings. The Hall–Kier alpha value is -2.63. The number of aromatic nitrogens is 2. The summed E-state index contributed by atoms with van der Waals surface area (Å²) < 4.78 is 5.37. The van der Waals surface area contributed by atoms with Crippen LogP contribution in [0.25, 0.3) is 0 Å². The number of carbonyl (C=O) groups is 1. The van der Waals surface area contributed by atoms with Crippen LogP contribution < -0.4 is 10.5 Å². The molecule has 108 valence electrons. The van der Waals surface area contributed by atoms with Crippen LogP contribution in [-0.4, -0.2) is 27.4 Å². The lowest BCUT2D eigenvalue weighted by atomic mass is 10.2. The molecule has 1 aromatic carbocycles. The van der Waals surface area contributed by atoms with E-state index in [4.69, 9.17) is 10.5 Å². The third-order valence-electron chi connectivity index (χ3n) is 3.37. The van der Waals surface area contributed by atoms with Crippen LogP contribution in [0.1, 0.15) is 28.5 Å². The van der Waals surface area contributed by atoms with Crippen molar-refractivity contribution in [3.05, 3.63) is 47.3 Å². The molecule has 2 N–H and O–H groups in total. The Morgan fingerprint density at radius 3 is 2.81 bits per heavy atom. The predicted molar refractivity (Wildman–Crippen MR) is 77.6 cm³/mol. The summed E-state index contributed by atoms with van der Waals surface area (Å²) in [5.74, 6) is 0.969. The molecule has 1 aliphatic rings. The number of nitrogens with two attached hydrogens (primary N) is 1. The molecule has 0 spiro atoms. The van der Waals surface area contributed by atoms with Gasteiger partial charge < -0.3 is 15.4 Å². The highest BCUT2D eigenvalue weighted by atomic mass is 16.5. The van der Waals surface area contributed by atoms with Crippen LogP contribution in [0.5, 0.6) is 5.75 Å². The van der Waals surface area contributed by atoms with Crippen molar-refractivity contribution in [3.8, 4) is 5.75 Å². The largest absolute Gasteiger partial charge is 0.494 e. The van der Waals surface area contributed by atoms with Crippen molar-refractivity contribution in [2.45, 2.75) is 20.0 Å². The minimum Gasteiger partial charge on any atom is -0.494 e. The molecule has 0 atom stereocenters. The standard InChI is InChI=1S/C15H16N4O2/c1-2-21-12-5-3-10(4-6-12)14(20)19-8-11-7-17-15(16)18-13(11)9-19/h3-7H,2,8-9H2,1H3,(H2,16,17,18). The molecule has 0 aliphatic carbocycles. The summed E-state index contributed by atoms with van der Waals surface area (Å²) in [7, 11) is 0. The van der Waals surface area contributed by atoms with E-state index in [1.54, 1.807) is 35.4 Å². The first kappa shape index (κ1) is 13.4. The van der Waals surface area contributed by atoms with Gasteiger partial charge in [-0.3, -0.25) is 4.79 Å². The van der Waals surface area contributed by atoms with E-state index in [0.29, 0.717) is 25.3 Å². The van der Waals surface area contributed by atoms with E-state index < -0.39 is 0 Å². The highest BCUT2D eigenvalue weighted by Crippen LogP contribution is 2.23. The van der Waals surface area contributed by atoms with Crippen molar-refractivity contribution in [2.75, 3.05) is 12.3 Å². The summed E-state index contributed by atoms with van der Waals surface area (Å²) in [6, 6.07) is 7.15. The zero-order valence-electron chi connectivity index (χ0n) is 11.7. The monoisotopic (exact) mass is 284 g/mol. The van der Waals surface area contributed by atoms with Crippen molar-refractivity contribution in [2.24, 2.45) is 0 Å². The lowest BCUT2D eigenvalue weighted by Gasteiger charge is -2.15. The fourth-order valence-electron chi connectivity index (χ4n) is 2.36. The van der Waals surface area contributed by atoms with Crippen molar-refractivity contribution in [1.82, 2.24) is 14.9 Å². The Morgan fingerprint density at radius 1 is 1.33 bits per heavy atom. The maximum absolute atomic E-state index is 12.5. The molecule has 0 fully saturated rings. The number of benzene rings is 1. The zero-order valence-corrected chi connectivity index (χ0v) is 11.7. The van der Waals surface area contributed by atoms with Gasteiger partial charge >= 0.3 is 0 Å². The average molecular weight is 284 g/mol. The van der Waals surface area contributed by atoms with Crippen LogP contribution in [0.15, 0.2) is 30.5 Å². The molecule has 1 amide bonds. The summed E-state index contributed by atoms with van der Waals surface area (Å²) in [5, 5.41) is 0. The van der Waals surface area contributed by atoms with Gasteiger partial charge in [0.1, 0.15) is 5.75 Å². The lowest BCUT2D eigenvalue weighted by Crippen LogP contribution is -2.25. The molecule has 2 heterocycles. The number of hydrogen-bond donors (Lipinski definition) is 1. The molecule has 21 heavy (non-hydrogen) atoms. The van der Waals surface area contributed by atoms with E-state index in [-0.39, 0.29) is 11.9 Å². The van der Waals surface area contributed by atoms with Crippen molar-refractivity contribution >= 4 is 11.9 Å². The second-order valence-electron chi connectivity index (χ2n) is 4.82. The third-order valence-corrected chi connectivity index (χ3v) is 3.37. The Kier molecular flexibility index (Phi) is 3.43. The van der Waals surface area contributed by atoms with Gasteiger partial charge in [0.25, 0.3) is 5.91 Å². The minimum absolute atomic E-state index is 0.0328. The molecular formula is C15H16N4O2. The highest BCUT2D eigenvalue weighted by molar-refractivity contribution is 5.94. The van der Waals surface area contributed by atoms with E-state index in [1.165, 1.54) is 0 Å². The number of hydrogen-bond acceptors (Lipinski definition) is 5. The Labute approximate surface area is 122 Å². The number of rotatable bonds is 3. The molecular weight excluding hydrogens is 268 g/mol. The van der Waals surface area contributed by atoms with Crippen molar-refractivity contribution in [3.63, 3.8) is 0 Å². The summed E-state index contributed by atoms with van der Waals surface area (Å²) in [5.41, 5.74) is 7.97. The number of amides is 1. The van der Waals surface area contributed by atoms with Crippen LogP contribution in [0.3, 0.4) is 0 Å². The fraction of sp³-hybridized carbons (Fsp3) is 0.267. The maximum atomic E-state index is 12.5. The number of nitrogens with zero attached hydrogens (tertiary/aromatic N) is 3. The molecule has 1 aromatic heterocycles. The van der Waals surface area contributed by atoms with Crippen LogP contribution in [0.4, 0.5) is 5.95 Å². The topological polar surface area (TPSA) is 81.3 Å². The number of anilines is 1. The van der Waals surface area contributed by atoms with Gasteiger partial charge in [0.2, 0.25) is 5.95 Å². The second kappa shape index (κ2) is 5.40. The summed E-state index contributed by atoms with van der Waals surface area (Å²) in [6.07, 6.45) is 1.68. The quantitative estimate of drug-likeness (QED) is 0.926. The zero-order chi connectivity index (χ0) is 14.8. The van der Waals surface area contributed by atoms with Gasteiger partial charge in [-0.15, -0.1) is 0 Å². The van der Waals surface area contributed by atoms with Gasteiger partial charge in [-0.25, -0.2) is 9.97 Å². The molecule has 0 unspecified atom stereocenters. The summed E-state index contributed by atoms with van der Waals surface area (Å²) >= 11 is 0. The molecule has 3 rings (SSSR count). The van der Waals surface area contributed by atoms with Crippen LogP contribution >= 0.6 is 0 Å². The maximum Gasteiger partial charge on any atom is 0.254 e. The normalized spacial score (nSPS) is 13.1. The molecule has 0 bridgehead atoms. The van der Waals surface area contributed by atoms with E-state index in [1.807, 2.05) is 6.92 Å². The van der Waals surface area contributed by atoms with Gasteiger partial charge in [-0.2, -0.15) is 0 Å². The van der Waals surface area contributed by atoms with Crippen molar-refractivity contribution in [1.29, 1.82) is 0 Å². The Bertz CT molecular complexity index is 670. The van der Waals surface area contributed by atoms with Gasteiger partial charge in [-0.05, 0) is 31.2 Å². The summed E-state index contributed by atoms with van der Waals surface area (Å²) in [4.78, 5) is 22.3. The van der Waals surface area contributed by atoms with Gasteiger partial charge in [-0.1, -0.05) is 0 Å². The van der Waals surface area contributed by atoms with E-state index in [9.17, 15) is 4.79 Å². The first-order chi connectivity index (χ1) is 10.2. The number of carbonyl (C=O) groups excluding carboxylic acids is 1. The van der Waals surface area contributed by atoms with E-state index >= 15 is 0 Å². The van der Waals surface area contributed by atoms with Gasteiger partial charge in [0.05, 0.1) is 18.8 Å². The first-order valence-corrected chi connectivity index (χ1v) is 6.79. The van der Waals surface area contributed by atoms with Gasteiger partial charge in [0.15, 0.2) is 0 Å². The van der Waals surface area contributed by atoms with Crippen LogP contribution in [0.2, 0.25) is 0 Å². The SMILES string of the molecule is CCOc1ccc(C(=O)N2Cc3cnc(N)nc3C2)cc1. The van der Waals surface area contributed by atoms with Gasteiger partial charge in [0, 0.05) is 23.9 Å². The molecule has 6 heteroatoms. The Balaban J connectivity index is 1.75. The lowest BCUT2D eigenvalue weighted by molar-refractivity contribution is 0.0750. The third kappa shape index (κ3) is 2.65. The van der Waals surface area contributed by atoms with Crippen LogP contribution in [-0.2, 0) is 13.1 Å². The number of ether oxygens (including phenoxy) is 1.